The first kappa shape index (κ1) is 18.9. The first-order valence-corrected chi connectivity index (χ1v) is 11.0. The fraction of sp³-hybridized carbons (Fsp3) is 0.240. The second kappa shape index (κ2) is 7.37. The quantitative estimate of drug-likeness (QED) is 0.463. The van der Waals surface area contributed by atoms with Crippen LogP contribution in [0.1, 0.15) is 22.8 Å². The van der Waals surface area contributed by atoms with Gasteiger partial charge in [0, 0.05) is 55.7 Å². The number of nitrogens with zero attached hydrogens (tertiary/aromatic N) is 4. The van der Waals surface area contributed by atoms with E-state index in [-0.39, 0.29) is 5.78 Å². The number of rotatable bonds is 4. The van der Waals surface area contributed by atoms with Gasteiger partial charge in [0.25, 0.3) is 0 Å². The maximum absolute atomic E-state index is 13.4. The highest BCUT2D eigenvalue weighted by molar-refractivity contribution is 6.28. The number of pyridine rings is 1. The van der Waals surface area contributed by atoms with E-state index in [1.165, 1.54) is 0 Å². The number of ketones is 1. The summed E-state index contributed by atoms with van der Waals surface area (Å²) >= 11 is 0. The van der Waals surface area contributed by atoms with Crippen LogP contribution in [-0.4, -0.2) is 48.6 Å². The van der Waals surface area contributed by atoms with Crippen LogP contribution in [-0.2, 0) is 0 Å². The third kappa shape index (κ3) is 2.77. The van der Waals surface area contributed by atoms with Gasteiger partial charge >= 0.3 is 0 Å². The summed E-state index contributed by atoms with van der Waals surface area (Å²) in [4.78, 5) is 22.5. The van der Waals surface area contributed by atoms with Crippen LogP contribution in [0.5, 0.6) is 0 Å². The molecule has 2 aromatic carbocycles. The summed E-state index contributed by atoms with van der Waals surface area (Å²) in [5.74, 6) is 1.70. The standard InChI is InChI=1S/C25H23N5O2/c1-2-26-18-15-19(29-11-13-30(14-12-29)20-9-5-6-10-27-20)23-22-21(18)24(31)16-7-3-4-8-17(16)25(22)32-28-23/h3-10,15,26H,2,11-14H2,1H3. The fourth-order valence-electron chi connectivity index (χ4n) is 4.83. The summed E-state index contributed by atoms with van der Waals surface area (Å²) in [5.41, 5.74) is 4.73. The molecule has 1 fully saturated rings. The molecule has 1 aliphatic carbocycles. The smallest absolute Gasteiger partial charge is 0.196 e. The number of benzene rings is 2. The Morgan fingerprint density at radius 3 is 2.50 bits per heavy atom. The van der Waals surface area contributed by atoms with Crippen molar-refractivity contribution in [3.8, 4) is 11.3 Å². The third-order valence-corrected chi connectivity index (χ3v) is 6.34. The molecule has 4 aromatic rings. The molecule has 7 heteroatoms. The van der Waals surface area contributed by atoms with Gasteiger partial charge in [0.1, 0.15) is 11.3 Å². The van der Waals surface area contributed by atoms with E-state index in [4.69, 9.17) is 4.52 Å². The Morgan fingerprint density at radius 2 is 1.75 bits per heavy atom. The van der Waals surface area contributed by atoms with Crippen LogP contribution in [0.2, 0.25) is 0 Å². The molecule has 7 nitrogen and oxygen atoms in total. The second-order valence-electron chi connectivity index (χ2n) is 8.12. The van der Waals surface area contributed by atoms with Crippen molar-refractivity contribution in [3.63, 3.8) is 0 Å². The SMILES string of the molecule is CCNc1cc(N2CCN(c3ccccn3)CC2)c2noc3c2c1C(=O)c1ccccc1-3. The average molecular weight is 425 g/mol. The largest absolute Gasteiger partial charge is 0.385 e. The van der Waals surface area contributed by atoms with Crippen LogP contribution in [0.15, 0.2) is 59.3 Å². The molecule has 2 aromatic heterocycles. The summed E-state index contributed by atoms with van der Waals surface area (Å²) in [6.45, 7) is 6.16. The zero-order valence-corrected chi connectivity index (χ0v) is 17.8. The minimum absolute atomic E-state index is 0.0174. The maximum Gasteiger partial charge on any atom is 0.196 e. The van der Waals surface area contributed by atoms with Gasteiger partial charge in [-0.05, 0) is 25.1 Å². The van der Waals surface area contributed by atoms with Gasteiger partial charge in [-0.1, -0.05) is 35.5 Å². The molecule has 0 bridgehead atoms. The molecule has 1 N–H and O–H groups in total. The van der Waals surface area contributed by atoms with Gasteiger partial charge in [0.15, 0.2) is 11.5 Å². The lowest BCUT2D eigenvalue weighted by molar-refractivity contribution is 0.104. The Kier molecular flexibility index (Phi) is 4.35. The van der Waals surface area contributed by atoms with E-state index in [2.05, 4.69) is 31.3 Å². The summed E-state index contributed by atoms with van der Waals surface area (Å²) in [6.07, 6.45) is 1.83. The highest BCUT2D eigenvalue weighted by Crippen LogP contribution is 2.45. The molecule has 3 heterocycles. The molecule has 6 rings (SSSR count). The maximum atomic E-state index is 13.4. The molecular weight excluding hydrogens is 402 g/mol. The number of aromatic nitrogens is 2. The van der Waals surface area contributed by atoms with E-state index >= 15 is 0 Å². The van der Waals surface area contributed by atoms with Gasteiger partial charge in [0.05, 0.1) is 16.6 Å². The Labute approximate surface area is 185 Å². The molecule has 1 saturated heterocycles. The predicted octanol–water partition coefficient (Wildman–Crippen LogP) is 4.19. The minimum atomic E-state index is 0.0174. The Balaban J connectivity index is 1.44. The van der Waals surface area contributed by atoms with E-state index in [0.717, 1.165) is 66.4 Å². The summed E-state index contributed by atoms with van der Waals surface area (Å²) in [6, 6.07) is 15.7. The van der Waals surface area contributed by atoms with E-state index in [1.807, 2.05) is 55.6 Å². The molecule has 32 heavy (non-hydrogen) atoms. The van der Waals surface area contributed by atoms with E-state index in [9.17, 15) is 4.79 Å². The van der Waals surface area contributed by atoms with Crippen LogP contribution < -0.4 is 15.1 Å². The number of fused-ring (bicyclic) bond motifs is 2. The van der Waals surface area contributed by atoms with Gasteiger partial charge in [-0.2, -0.15) is 0 Å². The monoisotopic (exact) mass is 425 g/mol. The zero-order chi connectivity index (χ0) is 21.7. The average Bonchev–Trinajstić information content (AvgIpc) is 3.29. The third-order valence-electron chi connectivity index (χ3n) is 6.34. The van der Waals surface area contributed by atoms with Gasteiger partial charge in [-0.15, -0.1) is 0 Å². The van der Waals surface area contributed by atoms with Crippen molar-refractivity contribution in [3.05, 3.63) is 65.9 Å². The van der Waals surface area contributed by atoms with Gasteiger partial charge in [-0.3, -0.25) is 4.79 Å². The van der Waals surface area contributed by atoms with E-state index in [1.54, 1.807) is 0 Å². The summed E-state index contributed by atoms with van der Waals surface area (Å²) in [5, 5.41) is 8.68. The number of carbonyl (C=O) groups excluding carboxylic acids is 1. The molecule has 2 aliphatic rings. The van der Waals surface area contributed by atoms with E-state index < -0.39 is 0 Å². The highest BCUT2D eigenvalue weighted by Gasteiger charge is 2.34. The van der Waals surface area contributed by atoms with Gasteiger partial charge in [0.2, 0.25) is 0 Å². The van der Waals surface area contributed by atoms with Crippen molar-refractivity contribution in [2.75, 3.05) is 47.8 Å². The molecule has 0 radical (unpaired) electrons. The van der Waals surface area contributed by atoms with Crippen molar-refractivity contribution < 1.29 is 9.32 Å². The van der Waals surface area contributed by atoms with Crippen molar-refractivity contribution in [1.29, 1.82) is 0 Å². The number of piperazine rings is 1. The molecule has 0 saturated carbocycles. The topological polar surface area (TPSA) is 74.5 Å². The van der Waals surface area contributed by atoms with Crippen LogP contribution in [0.25, 0.3) is 22.2 Å². The lowest BCUT2D eigenvalue weighted by Crippen LogP contribution is -2.47. The van der Waals surface area contributed by atoms with Crippen LogP contribution >= 0.6 is 0 Å². The number of anilines is 3. The molecule has 0 amide bonds. The highest BCUT2D eigenvalue weighted by atomic mass is 16.5. The Morgan fingerprint density at radius 1 is 1.00 bits per heavy atom. The minimum Gasteiger partial charge on any atom is -0.385 e. The predicted molar refractivity (Wildman–Crippen MR) is 126 cm³/mol. The number of hydrogen-bond donors (Lipinski definition) is 1. The van der Waals surface area contributed by atoms with Crippen molar-refractivity contribution in [2.24, 2.45) is 0 Å². The first-order valence-electron chi connectivity index (χ1n) is 11.0. The lowest BCUT2D eigenvalue weighted by atomic mass is 9.86. The van der Waals surface area contributed by atoms with Gasteiger partial charge < -0.3 is 19.6 Å². The fourth-order valence-corrected chi connectivity index (χ4v) is 4.83. The van der Waals surface area contributed by atoms with Crippen LogP contribution in [0, 0.1) is 0 Å². The number of nitrogens with one attached hydrogen (secondary N) is 1. The second-order valence-corrected chi connectivity index (χ2v) is 8.12. The Hall–Kier alpha value is -3.87. The molecular formula is C25H23N5O2. The van der Waals surface area contributed by atoms with Crippen LogP contribution in [0.3, 0.4) is 0 Å². The number of hydrogen-bond acceptors (Lipinski definition) is 7. The molecule has 160 valence electrons. The lowest BCUT2D eigenvalue weighted by Gasteiger charge is -2.37. The van der Waals surface area contributed by atoms with Crippen LogP contribution in [0.4, 0.5) is 17.2 Å². The Bertz CT molecular complexity index is 1320. The van der Waals surface area contributed by atoms with Crippen molar-refractivity contribution in [2.45, 2.75) is 6.92 Å². The van der Waals surface area contributed by atoms with Crippen molar-refractivity contribution >= 4 is 33.9 Å². The number of carbonyl (C=O) groups is 1. The van der Waals surface area contributed by atoms with Gasteiger partial charge in [-0.25, -0.2) is 4.98 Å². The normalized spacial score (nSPS) is 15.2. The summed E-state index contributed by atoms with van der Waals surface area (Å²) in [7, 11) is 0. The molecule has 0 atom stereocenters. The van der Waals surface area contributed by atoms with Crippen molar-refractivity contribution in [1.82, 2.24) is 10.1 Å². The molecule has 0 spiro atoms. The molecule has 0 unspecified atom stereocenters. The van der Waals surface area contributed by atoms with E-state index in [0.29, 0.717) is 16.9 Å². The summed E-state index contributed by atoms with van der Waals surface area (Å²) < 4.78 is 5.85. The molecule has 1 aliphatic heterocycles. The zero-order valence-electron chi connectivity index (χ0n) is 17.8. The first-order chi connectivity index (χ1) is 15.8.